The van der Waals surface area contributed by atoms with E-state index in [0.717, 1.165) is 36.6 Å². The highest BCUT2D eigenvalue weighted by molar-refractivity contribution is 5.68. The van der Waals surface area contributed by atoms with Gasteiger partial charge in [0.05, 0.1) is 11.3 Å². The molecule has 4 heterocycles. The molecular formula is C25H21F3N6. The Balaban J connectivity index is 1.49. The summed E-state index contributed by atoms with van der Waals surface area (Å²) in [5.74, 6) is 2.04. The first-order chi connectivity index (χ1) is 16.5. The second-order valence-corrected chi connectivity index (χ2v) is 7.91. The fourth-order valence-electron chi connectivity index (χ4n) is 3.93. The predicted octanol–water partition coefficient (Wildman–Crippen LogP) is 4.95. The Bertz CT molecular complexity index is 1260. The Kier molecular flexibility index (Phi) is 5.83. The van der Waals surface area contributed by atoms with Crippen LogP contribution in [0.15, 0.2) is 79.3 Å². The fraction of sp³-hybridized carbons (Fsp3) is 0.200. The molecule has 1 aliphatic heterocycles. The first-order valence-corrected chi connectivity index (χ1v) is 10.9. The summed E-state index contributed by atoms with van der Waals surface area (Å²) in [5, 5.41) is 0. The van der Waals surface area contributed by atoms with E-state index in [1.54, 1.807) is 42.9 Å². The number of pyridine rings is 2. The van der Waals surface area contributed by atoms with Gasteiger partial charge in [0, 0.05) is 62.0 Å². The number of piperazine rings is 1. The highest BCUT2D eigenvalue weighted by Crippen LogP contribution is 2.33. The number of halogens is 3. The minimum Gasteiger partial charge on any atom is -0.353 e. The molecule has 6 nitrogen and oxygen atoms in total. The molecule has 0 saturated carbocycles. The quantitative estimate of drug-likeness (QED) is 0.428. The molecule has 0 N–H and O–H groups in total. The molecule has 0 atom stereocenters. The second-order valence-electron chi connectivity index (χ2n) is 7.91. The zero-order valence-corrected chi connectivity index (χ0v) is 18.2. The van der Waals surface area contributed by atoms with Crippen molar-refractivity contribution in [3.8, 4) is 22.6 Å². The standard InChI is InChI=1S/C25H21F3N6/c26-25(27,28)20-5-3-4-19(16-20)21-17-23(32-24(31-21)18-7-10-29-11-8-18)34-14-12-33(13-15-34)22-6-1-2-9-30-22/h1-11,16-17H,12-15H2. The van der Waals surface area contributed by atoms with Crippen LogP contribution in [0.1, 0.15) is 5.56 Å². The van der Waals surface area contributed by atoms with Crippen molar-refractivity contribution < 1.29 is 13.2 Å². The molecule has 0 aliphatic carbocycles. The van der Waals surface area contributed by atoms with Gasteiger partial charge in [0.15, 0.2) is 5.82 Å². The van der Waals surface area contributed by atoms with Crippen molar-refractivity contribution in [2.24, 2.45) is 0 Å². The molecule has 5 rings (SSSR count). The first-order valence-electron chi connectivity index (χ1n) is 10.9. The summed E-state index contributed by atoms with van der Waals surface area (Å²) in [5.41, 5.74) is 0.868. The summed E-state index contributed by atoms with van der Waals surface area (Å²) >= 11 is 0. The maximum Gasteiger partial charge on any atom is 0.416 e. The summed E-state index contributed by atoms with van der Waals surface area (Å²) in [6, 6.07) is 16.4. The number of hydrogen-bond donors (Lipinski definition) is 0. The molecule has 4 aromatic rings. The van der Waals surface area contributed by atoms with Crippen LogP contribution in [0.25, 0.3) is 22.6 Å². The lowest BCUT2D eigenvalue weighted by Crippen LogP contribution is -2.47. The number of anilines is 2. The summed E-state index contributed by atoms with van der Waals surface area (Å²) in [6.07, 6.45) is 0.623. The number of hydrogen-bond acceptors (Lipinski definition) is 6. The van der Waals surface area contributed by atoms with E-state index >= 15 is 0 Å². The van der Waals surface area contributed by atoms with Gasteiger partial charge in [0.2, 0.25) is 0 Å². The van der Waals surface area contributed by atoms with E-state index < -0.39 is 11.7 Å². The third-order valence-corrected chi connectivity index (χ3v) is 5.71. The molecule has 0 unspecified atom stereocenters. The number of alkyl halides is 3. The van der Waals surface area contributed by atoms with Crippen LogP contribution in [-0.2, 0) is 6.18 Å². The van der Waals surface area contributed by atoms with E-state index in [2.05, 4.69) is 24.8 Å². The molecular weight excluding hydrogens is 441 g/mol. The van der Waals surface area contributed by atoms with Crippen molar-refractivity contribution in [2.45, 2.75) is 6.18 Å². The Morgan fingerprint density at radius 1 is 0.676 bits per heavy atom. The third kappa shape index (κ3) is 4.68. The maximum absolute atomic E-state index is 13.3. The average Bonchev–Trinajstić information content (AvgIpc) is 2.89. The van der Waals surface area contributed by atoms with Crippen LogP contribution in [0.3, 0.4) is 0 Å². The summed E-state index contributed by atoms with van der Waals surface area (Å²) in [7, 11) is 0. The molecule has 1 fully saturated rings. The van der Waals surface area contributed by atoms with Crippen molar-refractivity contribution >= 4 is 11.6 Å². The number of nitrogens with zero attached hydrogens (tertiary/aromatic N) is 6. The monoisotopic (exact) mass is 462 g/mol. The van der Waals surface area contributed by atoms with Gasteiger partial charge in [-0.2, -0.15) is 13.2 Å². The van der Waals surface area contributed by atoms with E-state index in [-0.39, 0.29) is 0 Å². The third-order valence-electron chi connectivity index (χ3n) is 5.71. The number of benzene rings is 1. The summed E-state index contributed by atoms with van der Waals surface area (Å²) < 4.78 is 40.0. The SMILES string of the molecule is FC(F)(F)c1cccc(-c2cc(N3CCN(c4ccccn4)CC3)nc(-c3ccncc3)n2)c1. The average molecular weight is 462 g/mol. The number of rotatable bonds is 4. The van der Waals surface area contributed by atoms with E-state index in [0.29, 0.717) is 36.0 Å². The predicted molar refractivity (Wildman–Crippen MR) is 124 cm³/mol. The van der Waals surface area contributed by atoms with Crippen LogP contribution in [0.4, 0.5) is 24.8 Å². The normalized spacial score (nSPS) is 14.3. The van der Waals surface area contributed by atoms with Gasteiger partial charge in [-0.05, 0) is 36.4 Å². The van der Waals surface area contributed by atoms with Crippen LogP contribution in [0.2, 0.25) is 0 Å². The molecule has 0 spiro atoms. The van der Waals surface area contributed by atoms with Gasteiger partial charge in [-0.25, -0.2) is 15.0 Å². The van der Waals surface area contributed by atoms with Crippen LogP contribution in [-0.4, -0.2) is 46.1 Å². The van der Waals surface area contributed by atoms with Gasteiger partial charge in [0.1, 0.15) is 11.6 Å². The molecule has 9 heteroatoms. The minimum atomic E-state index is -4.43. The Morgan fingerprint density at radius 3 is 2.09 bits per heavy atom. The largest absolute Gasteiger partial charge is 0.416 e. The lowest BCUT2D eigenvalue weighted by Gasteiger charge is -2.36. The molecule has 0 amide bonds. The van der Waals surface area contributed by atoms with E-state index in [4.69, 9.17) is 4.98 Å². The zero-order valence-electron chi connectivity index (χ0n) is 18.2. The van der Waals surface area contributed by atoms with Crippen molar-refractivity contribution in [2.75, 3.05) is 36.0 Å². The van der Waals surface area contributed by atoms with Crippen LogP contribution in [0, 0.1) is 0 Å². The second kappa shape index (κ2) is 9.09. The van der Waals surface area contributed by atoms with Crippen LogP contribution < -0.4 is 9.80 Å². The van der Waals surface area contributed by atoms with Crippen LogP contribution >= 0.6 is 0 Å². The van der Waals surface area contributed by atoms with Crippen molar-refractivity contribution in [1.82, 2.24) is 19.9 Å². The molecule has 0 radical (unpaired) electrons. The Morgan fingerprint density at radius 2 is 1.41 bits per heavy atom. The molecule has 1 aliphatic rings. The van der Waals surface area contributed by atoms with Gasteiger partial charge in [0.25, 0.3) is 0 Å². The highest BCUT2D eigenvalue weighted by Gasteiger charge is 2.30. The van der Waals surface area contributed by atoms with Crippen LogP contribution in [0.5, 0.6) is 0 Å². The molecule has 1 saturated heterocycles. The molecule has 0 bridgehead atoms. The van der Waals surface area contributed by atoms with Crippen molar-refractivity contribution in [3.63, 3.8) is 0 Å². The summed E-state index contributed by atoms with van der Waals surface area (Å²) in [6.45, 7) is 2.91. The van der Waals surface area contributed by atoms with E-state index in [1.165, 1.54) is 6.07 Å². The van der Waals surface area contributed by atoms with E-state index in [1.807, 2.05) is 18.2 Å². The number of aromatic nitrogens is 4. The Hall–Kier alpha value is -4.01. The maximum atomic E-state index is 13.3. The van der Waals surface area contributed by atoms with Gasteiger partial charge in [-0.3, -0.25) is 4.98 Å². The topological polar surface area (TPSA) is 58.0 Å². The molecule has 3 aromatic heterocycles. The van der Waals surface area contributed by atoms with Gasteiger partial charge < -0.3 is 9.80 Å². The Labute approximate surface area is 194 Å². The molecule has 172 valence electrons. The van der Waals surface area contributed by atoms with Crippen molar-refractivity contribution in [1.29, 1.82) is 0 Å². The van der Waals surface area contributed by atoms with Gasteiger partial charge in [-0.15, -0.1) is 0 Å². The highest BCUT2D eigenvalue weighted by atomic mass is 19.4. The minimum absolute atomic E-state index is 0.390. The lowest BCUT2D eigenvalue weighted by atomic mass is 10.1. The molecule has 34 heavy (non-hydrogen) atoms. The lowest BCUT2D eigenvalue weighted by molar-refractivity contribution is -0.137. The fourth-order valence-corrected chi connectivity index (χ4v) is 3.93. The molecule has 1 aromatic carbocycles. The first kappa shape index (κ1) is 21.8. The summed E-state index contributed by atoms with van der Waals surface area (Å²) in [4.78, 5) is 22.1. The smallest absolute Gasteiger partial charge is 0.353 e. The van der Waals surface area contributed by atoms with Crippen molar-refractivity contribution in [3.05, 3.63) is 84.8 Å². The van der Waals surface area contributed by atoms with Gasteiger partial charge in [-0.1, -0.05) is 18.2 Å². The zero-order chi connectivity index (χ0) is 23.5. The van der Waals surface area contributed by atoms with E-state index in [9.17, 15) is 13.2 Å². The van der Waals surface area contributed by atoms with Gasteiger partial charge >= 0.3 is 6.18 Å².